The summed E-state index contributed by atoms with van der Waals surface area (Å²) in [5.41, 5.74) is 1.68. The molecule has 6 heteroatoms. The molecule has 2 aromatic carbocycles. The highest BCUT2D eigenvalue weighted by atomic mass is 16.5. The fourth-order valence-electron chi connectivity index (χ4n) is 2.30. The van der Waals surface area contributed by atoms with Crippen LogP contribution in [-0.4, -0.2) is 34.8 Å². The van der Waals surface area contributed by atoms with Crippen LogP contribution in [0.1, 0.15) is 29.8 Å². The van der Waals surface area contributed by atoms with E-state index in [4.69, 9.17) is 9.47 Å². The topological polar surface area (TPSA) is 96.2 Å². The van der Waals surface area contributed by atoms with E-state index >= 15 is 0 Å². The van der Waals surface area contributed by atoms with Gasteiger partial charge in [0.15, 0.2) is 17.3 Å². The van der Waals surface area contributed by atoms with Crippen LogP contribution in [0.4, 0.5) is 0 Å². The molecule has 0 fully saturated rings. The summed E-state index contributed by atoms with van der Waals surface area (Å²) in [4.78, 5) is 12.4. The number of rotatable bonds is 7. The summed E-state index contributed by atoms with van der Waals surface area (Å²) in [5.74, 6) is -0.715. The van der Waals surface area contributed by atoms with Crippen LogP contribution in [-0.2, 0) is 0 Å². The van der Waals surface area contributed by atoms with E-state index in [-0.39, 0.29) is 28.6 Å². The van der Waals surface area contributed by atoms with Gasteiger partial charge < -0.3 is 24.8 Å². The van der Waals surface area contributed by atoms with Gasteiger partial charge in [-0.05, 0) is 43.7 Å². The van der Waals surface area contributed by atoms with Gasteiger partial charge in [0, 0.05) is 12.1 Å². The zero-order chi connectivity index (χ0) is 20.0. The van der Waals surface area contributed by atoms with Crippen LogP contribution < -0.4 is 9.47 Å². The lowest BCUT2D eigenvalue weighted by Crippen LogP contribution is -1.99. The molecule has 0 saturated heterocycles. The molecule has 27 heavy (non-hydrogen) atoms. The van der Waals surface area contributed by atoms with Gasteiger partial charge >= 0.3 is 0 Å². The smallest absolute Gasteiger partial charge is 0.193 e. The first kappa shape index (κ1) is 19.9. The predicted octanol–water partition coefficient (Wildman–Crippen LogP) is 4.05. The van der Waals surface area contributed by atoms with Gasteiger partial charge in [-0.25, -0.2) is 0 Å². The molecule has 0 aliphatic carbocycles. The van der Waals surface area contributed by atoms with E-state index in [1.54, 1.807) is 12.1 Å². The van der Waals surface area contributed by atoms with Crippen molar-refractivity contribution in [2.75, 3.05) is 13.7 Å². The van der Waals surface area contributed by atoms with Crippen molar-refractivity contribution in [1.29, 1.82) is 0 Å². The largest absolute Gasteiger partial charge is 0.508 e. The Hall–Kier alpha value is -3.41. The monoisotopic (exact) mass is 370 g/mol. The first-order valence-electron chi connectivity index (χ1n) is 8.23. The number of hydrogen-bond acceptors (Lipinski definition) is 6. The van der Waals surface area contributed by atoms with Crippen LogP contribution in [0.15, 0.2) is 48.1 Å². The van der Waals surface area contributed by atoms with E-state index in [2.05, 4.69) is 0 Å². The van der Waals surface area contributed by atoms with Gasteiger partial charge in [0.25, 0.3) is 0 Å². The molecular weight excluding hydrogens is 348 g/mol. The third-order valence-electron chi connectivity index (χ3n) is 3.67. The molecule has 142 valence electrons. The summed E-state index contributed by atoms with van der Waals surface area (Å²) in [6.45, 7) is 4.21. The number of benzene rings is 2. The molecule has 0 bridgehead atoms. The minimum Gasteiger partial charge on any atom is -0.508 e. The highest BCUT2D eigenvalue weighted by Gasteiger charge is 2.16. The lowest BCUT2D eigenvalue weighted by atomic mass is 10.1. The Labute approximate surface area is 157 Å². The molecule has 0 aromatic heterocycles. The second-order valence-corrected chi connectivity index (χ2v) is 6.06. The molecule has 6 nitrogen and oxygen atoms in total. The van der Waals surface area contributed by atoms with Crippen LogP contribution in [0.25, 0.3) is 6.08 Å². The SMILES string of the molecule is COc1cc(O)cc(O)c1C(=O)C=Cc1ccc(O)c(OCC=C(C)C)c1. The Kier molecular flexibility index (Phi) is 6.49. The molecule has 0 spiro atoms. The number of carbonyl (C=O) groups is 1. The lowest BCUT2D eigenvalue weighted by Gasteiger charge is -2.09. The molecular formula is C21H22O6. The molecule has 0 heterocycles. The summed E-state index contributed by atoms with van der Waals surface area (Å²) in [6, 6.07) is 7.02. The molecule has 2 aromatic rings. The van der Waals surface area contributed by atoms with Crippen molar-refractivity contribution < 1.29 is 29.6 Å². The van der Waals surface area contributed by atoms with Gasteiger partial charge in [0.2, 0.25) is 0 Å². The standard InChI is InChI=1S/C21H22O6/c1-13(2)8-9-27-19-10-14(4-6-16(19)23)5-7-17(24)21-18(25)11-15(22)12-20(21)26-3/h4-8,10-12,22-23,25H,9H2,1-3H3. The minimum absolute atomic E-state index is 0.00141. The number of methoxy groups -OCH3 is 1. The van der Waals surface area contributed by atoms with Crippen molar-refractivity contribution >= 4 is 11.9 Å². The van der Waals surface area contributed by atoms with Crippen molar-refractivity contribution in [3.8, 4) is 28.7 Å². The Morgan fingerprint density at radius 1 is 1.04 bits per heavy atom. The van der Waals surface area contributed by atoms with Gasteiger partial charge in [-0.3, -0.25) is 4.79 Å². The highest BCUT2D eigenvalue weighted by Crippen LogP contribution is 2.33. The molecule has 0 saturated carbocycles. The summed E-state index contributed by atoms with van der Waals surface area (Å²) in [5, 5.41) is 29.3. The average molecular weight is 370 g/mol. The Balaban J connectivity index is 2.23. The molecule has 3 N–H and O–H groups in total. The molecule has 0 amide bonds. The predicted molar refractivity (Wildman–Crippen MR) is 103 cm³/mol. The van der Waals surface area contributed by atoms with Gasteiger partial charge in [0.1, 0.15) is 29.4 Å². The van der Waals surface area contributed by atoms with E-state index in [0.717, 1.165) is 11.6 Å². The van der Waals surface area contributed by atoms with Crippen molar-refractivity contribution in [1.82, 2.24) is 0 Å². The van der Waals surface area contributed by atoms with Crippen molar-refractivity contribution in [2.24, 2.45) is 0 Å². The number of allylic oxidation sites excluding steroid dienone is 2. The van der Waals surface area contributed by atoms with Crippen molar-refractivity contribution in [3.63, 3.8) is 0 Å². The molecule has 0 aliphatic rings. The minimum atomic E-state index is -0.496. The third kappa shape index (κ3) is 5.28. The Morgan fingerprint density at radius 2 is 1.78 bits per heavy atom. The van der Waals surface area contributed by atoms with Crippen LogP contribution >= 0.6 is 0 Å². The summed E-state index contributed by atoms with van der Waals surface area (Å²) in [7, 11) is 1.34. The van der Waals surface area contributed by atoms with E-state index in [1.807, 2.05) is 19.9 Å². The quantitative estimate of drug-likeness (QED) is 0.386. The van der Waals surface area contributed by atoms with Gasteiger partial charge in [-0.15, -0.1) is 0 Å². The maximum atomic E-state index is 12.4. The van der Waals surface area contributed by atoms with E-state index < -0.39 is 5.78 Å². The zero-order valence-electron chi connectivity index (χ0n) is 15.4. The third-order valence-corrected chi connectivity index (χ3v) is 3.67. The molecule has 2 rings (SSSR count). The van der Waals surface area contributed by atoms with E-state index in [0.29, 0.717) is 17.9 Å². The average Bonchev–Trinajstić information content (AvgIpc) is 2.60. The Bertz CT molecular complexity index is 892. The normalized spacial score (nSPS) is 10.6. The van der Waals surface area contributed by atoms with Crippen LogP contribution in [0.2, 0.25) is 0 Å². The number of carbonyl (C=O) groups excluding carboxylic acids is 1. The fourth-order valence-corrected chi connectivity index (χ4v) is 2.30. The Morgan fingerprint density at radius 3 is 2.44 bits per heavy atom. The number of hydrogen-bond donors (Lipinski definition) is 3. The van der Waals surface area contributed by atoms with Gasteiger partial charge in [-0.2, -0.15) is 0 Å². The van der Waals surface area contributed by atoms with Gasteiger partial charge in [-0.1, -0.05) is 17.7 Å². The van der Waals surface area contributed by atoms with Crippen LogP contribution in [0, 0.1) is 0 Å². The highest BCUT2D eigenvalue weighted by molar-refractivity contribution is 6.10. The van der Waals surface area contributed by atoms with E-state index in [9.17, 15) is 20.1 Å². The first-order valence-corrected chi connectivity index (χ1v) is 8.23. The zero-order valence-corrected chi connectivity index (χ0v) is 15.4. The van der Waals surface area contributed by atoms with Crippen LogP contribution in [0.3, 0.4) is 0 Å². The summed E-state index contributed by atoms with van der Waals surface area (Å²) < 4.78 is 10.6. The number of ketones is 1. The van der Waals surface area contributed by atoms with Crippen LogP contribution in [0.5, 0.6) is 28.7 Å². The molecule has 0 atom stereocenters. The maximum absolute atomic E-state index is 12.4. The summed E-state index contributed by atoms with van der Waals surface area (Å²) in [6.07, 6.45) is 4.67. The van der Waals surface area contributed by atoms with Crippen molar-refractivity contribution in [3.05, 3.63) is 59.2 Å². The first-order chi connectivity index (χ1) is 12.8. The second-order valence-electron chi connectivity index (χ2n) is 6.06. The maximum Gasteiger partial charge on any atom is 0.193 e. The molecule has 0 unspecified atom stereocenters. The van der Waals surface area contributed by atoms with Gasteiger partial charge in [0.05, 0.1) is 7.11 Å². The molecule has 0 aliphatic heterocycles. The molecule has 0 radical (unpaired) electrons. The van der Waals surface area contributed by atoms with Crippen molar-refractivity contribution in [2.45, 2.75) is 13.8 Å². The number of ether oxygens (including phenoxy) is 2. The lowest BCUT2D eigenvalue weighted by molar-refractivity contribution is 0.104. The van der Waals surface area contributed by atoms with E-state index in [1.165, 1.54) is 31.4 Å². The summed E-state index contributed by atoms with van der Waals surface area (Å²) >= 11 is 0. The number of phenolic OH excluding ortho intramolecular Hbond substituents is 3. The number of phenols is 3. The second kappa shape index (κ2) is 8.80. The fraction of sp³-hybridized carbons (Fsp3) is 0.190. The number of aromatic hydroxyl groups is 3.